The Morgan fingerprint density at radius 3 is 1.91 bits per heavy atom. The summed E-state index contributed by atoms with van der Waals surface area (Å²) in [5, 5.41) is 26.1. The molecule has 18 nitrogen and oxygen atoms in total. The van der Waals surface area contributed by atoms with Gasteiger partial charge in [0.15, 0.2) is 5.96 Å². The molecule has 58 heavy (non-hydrogen) atoms. The van der Waals surface area contributed by atoms with E-state index >= 15 is 0 Å². The number of carbonyl (C=O) groups excluding carboxylic acids is 7. The van der Waals surface area contributed by atoms with Gasteiger partial charge in [-0.25, -0.2) is 0 Å². The fourth-order valence-electron chi connectivity index (χ4n) is 6.87. The maximum absolute atomic E-state index is 14.4. The highest BCUT2D eigenvalue weighted by Crippen LogP contribution is 2.20. The molecule has 2 aromatic rings. The maximum atomic E-state index is 14.4. The van der Waals surface area contributed by atoms with E-state index in [-0.39, 0.29) is 44.7 Å². The molecule has 0 unspecified atom stereocenters. The van der Waals surface area contributed by atoms with E-state index in [1.165, 1.54) is 4.90 Å². The first-order valence-electron chi connectivity index (χ1n) is 19.6. The van der Waals surface area contributed by atoms with Crippen molar-refractivity contribution in [3.8, 4) is 0 Å². The second-order valence-corrected chi connectivity index (χ2v) is 14.6. The van der Waals surface area contributed by atoms with E-state index in [9.17, 15) is 38.7 Å². The molecule has 2 aliphatic rings. The molecule has 314 valence electrons. The Balaban J connectivity index is 1.75. The Morgan fingerprint density at radius 1 is 0.759 bits per heavy atom. The summed E-state index contributed by atoms with van der Waals surface area (Å²) in [6.45, 7) is 2.50. The third-order valence-electron chi connectivity index (χ3n) is 10.3. The number of nitrogens with two attached hydrogens (primary N) is 2. The molecule has 2 aromatic carbocycles. The molecule has 2 heterocycles. The Hall–Kier alpha value is -6.04. The quantitative estimate of drug-likeness (QED) is 0.0692. The van der Waals surface area contributed by atoms with Crippen LogP contribution in [0, 0.1) is 5.92 Å². The van der Waals surface area contributed by atoms with E-state index in [0.717, 1.165) is 5.56 Å². The number of hydrogen-bond donors (Lipinski definition) is 9. The summed E-state index contributed by atoms with van der Waals surface area (Å²) in [6, 6.07) is 10.4. The molecule has 2 fully saturated rings. The van der Waals surface area contributed by atoms with E-state index in [1.807, 2.05) is 6.07 Å². The molecule has 4 rings (SSSR count). The van der Waals surface area contributed by atoms with Crippen LogP contribution in [0.3, 0.4) is 0 Å². The number of aliphatic hydroxyl groups is 1. The van der Waals surface area contributed by atoms with Gasteiger partial charge in [-0.15, -0.1) is 0 Å². The molecule has 2 saturated heterocycles. The number of benzene rings is 2. The molecule has 0 spiro atoms. The van der Waals surface area contributed by atoms with E-state index in [0.29, 0.717) is 24.8 Å². The van der Waals surface area contributed by atoms with Crippen molar-refractivity contribution >= 4 is 47.3 Å². The van der Waals surface area contributed by atoms with Gasteiger partial charge in [0.05, 0.1) is 13.2 Å². The minimum Gasteiger partial charge on any atom is -0.394 e. The predicted octanol–water partition coefficient (Wildman–Crippen LogP) is -1.89. The number of rotatable bonds is 11. The average molecular weight is 805 g/mol. The Labute approximate surface area is 337 Å². The summed E-state index contributed by atoms with van der Waals surface area (Å²) in [7, 11) is 0. The van der Waals surface area contributed by atoms with E-state index < -0.39 is 96.7 Å². The Bertz CT molecular complexity index is 1770. The summed E-state index contributed by atoms with van der Waals surface area (Å²) in [5.74, 6) is -5.56. The molecule has 0 bridgehead atoms. The molecule has 0 aromatic heterocycles. The van der Waals surface area contributed by atoms with Crippen molar-refractivity contribution in [3.05, 3.63) is 71.8 Å². The summed E-state index contributed by atoms with van der Waals surface area (Å²) in [4.78, 5) is 102. The predicted molar refractivity (Wildman–Crippen MR) is 214 cm³/mol. The van der Waals surface area contributed by atoms with Gasteiger partial charge in [0, 0.05) is 25.9 Å². The van der Waals surface area contributed by atoms with E-state index in [1.54, 1.807) is 68.4 Å². The lowest BCUT2D eigenvalue weighted by molar-refractivity contribution is -0.142. The van der Waals surface area contributed by atoms with Gasteiger partial charge in [0.1, 0.15) is 36.3 Å². The minimum atomic E-state index is -1.53. The lowest BCUT2D eigenvalue weighted by Crippen LogP contribution is -2.61. The van der Waals surface area contributed by atoms with Crippen LogP contribution in [-0.2, 0) is 46.4 Å². The number of carbonyl (C=O) groups is 7. The summed E-state index contributed by atoms with van der Waals surface area (Å²) < 4.78 is 0. The topological polar surface area (TPSA) is 280 Å². The summed E-state index contributed by atoms with van der Waals surface area (Å²) >= 11 is 0. The smallest absolute Gasteiger partial charge is 0.246 e. The van der Waals surface area contributed by atoms with Crippen LogP contribution in [0.15, 0.2) is 65.7 Å². The Morgan fingerprint density at radius 2 is 1.31 bits per heavy atom. The maximum Gasteiger partial charge on any atom is 0.246 e. The zero-order valence-corrected chi connectivity index (χ0v) is 32.9. The molecular formula is C40H56N10O8. The van der Waals surface area contributed by atoms with Crippen molar-refractivity contribution in [2.45, 2.75) is 95.0 Å². The van der Waals surface area contributed by atoms with Crippen LogP contribution in [0.2, 0.25) is 0 Å². The van der Waals surface area contributed by atoms with Crippen LogP contribution < -0.4 is 43.4 Å². The highest BCUT2D eigenvalue weighted by Gasteiger charge is 2.39. The van der Waals surface area contributed by atoms with Crippen molar-refractivity contribution in [1.29, 1.82) is 0 Å². The van der Waals surface area contributed by atoms with Crippen molar-refractivity contribution in [3.63, 3.8) is 0 Å². The van der Waals surface area contributed by atoms with Crippen LogP contribution in [-0.4, -0.2) is 120 Å². The number of guanidine groups is 1. The van der Waals surface area contributed by atoms with Gasteiger partial charge in [-0.1, -0.05) is 80.9 Å². The van der Waals surface area contributed by atoms with Crippen molar-refractivity contribution in [2.75, 3.05) is 26.2 Å². The van der Waals surface area contributed by atoms with Crippen LogP contribution in [0.1, 0.15) is 57.1 Å². The number of hydrogen-bond acceptors (Lipinski definition) is 9. The lowest BCUT2D eigenvalue weighted by atomic mass is 9.97. The first-order valence-corrected chi connectivity index (χ1v) is 19.6. The lowest BCUT2D eigenvalue weighted by Gasteiger charge is -2.30. The molecule has 0 radical (unpaired) electrons. The fourth-order valence-corrected chi connectivity index (χ4v) is 6.87. The molecule has 11 N–H and O–H groups in total. The molecule has 0 saturated carbocycles. The van der Waals surface area contributed by atoms with Gasteiger partial charge in [-0.05, 0) is 42.7 Å². The highest BCUT2D eigenvalue weighted by atomic mass is 16.3. The minimum absolute atomic E-state index is 0.0225. The first kappa shape index (κ1) is 44.7. The molecule has 7 amide bonds. The number of aliphatic hydroxyl groups excluding tert-OH is 1. The number of amides is 7. The monoisotopic (exact) mass is 804 g/mol. The second kappa shape index (κ2) is 22.0. The molecule has 0 aliphatic carbocycles. The third kappa shape index (κ3) is 13.0. The highest BCUT2D eigenvalue weighted by molar-refractivity contribution is 5.98. The molecule has 18 heteroatoms. The van der Waals surface area contributed by atoms with Crippen LogP contribution in [0.5, 0.6) is 0 Å². The van der Waals surface area contributed by atoms with E-state index in [4.69, 9.17) is 11.5 Å². The van der Waals surface area contributed by atoms with Crippen LogP contribution in [0.4, 0.5) is 0 Å². The van der Waals surface area contributed by atoms with Crippen molar-refractivity contribution in [1.82, 2.24) is 36.8 Å². The molecule has 2 aliphatic heterocycles. The fraction of sp³-hybridized carbons (Fsp3) is 0.500. The largest absolute Gasteiger partial charge is 0.394 e. The van der Waals surface area contributed by atoms with Gasteiger partial charge in [-0.3, -0.25) is 38.6 Å². The summed E-state index contributed by atoms with van der Waals surface area (Å²) in [6.07, 6.45) is 1.52. The summed E-state index contributed by atoms with van der Waals surface area (Å²) in [5.41, 5.74) is 12.4. The average Bonchev–Trinajstić information content (AvgIpc) is 3.71. The standard InChI is InChI=1S/C40H56N10O8/c1-3-24(2)33-38(57)48-30(23-51)36(55)46-28(20-25-12-6-4-7-13-25)35(54)45-27(16-10-18-43-40(41)42)34(53)47-29(21-26-14-8-5-9-15-26)39(58)50-19-11-17-31(50)37(56)44-22-32(52)49-33/h4-9,12-15,24,27-31,33,51H,3,10-11,16-23H2,1-2H3,(H,44,56)(H,45,54)(H,46,55)(H,47,53)(H,48,57)(H,49,52)(H4,41,42,43)/t24-,27-,28-,29-,30-,31-,33+/m0/s1. The van der Waals surface area contributed by atoms with Gasteiger partial charge in [0.2, 0.25) is 41.4 Å². The normalized spacial score (nSPS) is 24.7. The SMILES string of the molecule is CC[C@H](C)[C@H]1NC(=O)CNC(=O)[C@@H]2CCCN2C(=O)[C@H](Cc2ccccc2)NC(=O)[C@H](CCCN=C(N)N)NC(=O)[C@H](Cc2ccccc2)NC(=O)[C@H](CO)NC1=O. The zero-order chi connectivity index (χ0) is 42.2. The van der Waals surface area contributed by atoms with Crippen molar-refractivity contribution < 1.29 is 38.7 Å². The first-order chi connectivity index (χ1) is 27.8. The third-order valence-corrected chi connectivity index (χ3v) is 10.3. The Kier molecular flexibility index (Phi) is 17.0. The molecule has 7 atom stereocenters. The van der Waals surface area contributed by atoms with E-state index in [2.05, 4.69) is 36.9 Å². The number of aliphatic imine (C=N–C) groups is 1. The van der Waals surface area contributed by atoms with Gasteiger partial charge in [-0.2, -0.15) is 0 Å². The van der Waals surface area contributed by atoms with Gasteiger partial charge >= 0.3 is 0 Å². The number of nitrogens with zero attached hydrogens (tertiary/aromatic N) is 2. The van der Waals surface area contributed by atoms with Crippen molar-refractivity contribution in [2.24, 2.45) is 22.4 Å². The number of fused-ring (bicyclic) bond motifs is 1. The number of nitrogens with one attached hydrogen (secondary N) is 6. The van der Waals surface area contributed by atoms with Gasteiger partial charge < -0.3 is 53.4 Å². The van der Waals surface area contributed by atoms with Crippen LogP contribution >= 0.6 is 0 Å². The molecular weight excluding hydrogens is 749 g/mol. The second-order valence-electron chi connectivity index (χ2n) is 14.6. The van der Waals surface area contributed by atoms with Crippen LogP contribution in [0.25, 0.3) is 0 Å². The zero-order valence-electron chi connectivity index (χ0n) is 32.9. The van der Waals surface area contributed by atoms with Gasteiger partial charge in [0.25, 0.3) is 0 Å².